The average Bonchev–Trinajstić information content (AvgIpc) is 2.62. The number of nitrogens with one attached hydrogen (secondary N) is 2. The van der Waals surface area contributed by atoms with Crippen LogP contribution in [-0.4, -0.2) is 60.6 Å². The van der Waals surface area contributed by atoms with Crippen molar-refractivity contribution in [1.82, 2.24) is 10.2 Å². The summed E-state index contributed by atoms with van der Waals surface area (Å²) in [5.41, 5.74) is -0.134. The maximum absolute atomic E-state index is 12.2. The second-order valence-corrected chi connectivity index (χ2v) is 7.15. The van der Waals surface area contributed by atoms with Crippen molar-refractivity contribution in [3.05, 3.63) is 29.8 Å². The first kappa shape index (κ1) is 23.9. The summed E-state index contributed by atoms with van der Waals surface area (Å²) in [7, 11) is 0. The van der Waals surface area contributed by atoms with E-state index in [1.54, 1.807) is 46.8 Å². The SMILES string of the molecule is CCNC(=O)CN(CC)C(=O)COC(=O)c1cccc(NC(=O)OC(C)(C)C)c1. The molecule has 0 fully saturated rings. The molecule has 29 heavy (non-hydrogen) atoms. The number of benzene rings is 1. The van der Waals surface area contributed by atoms with Gasteiger partial charge in [-0.2, -0.15) is 0 Å². The summed E-state index contributed by atoms with van der Waals surface area (Å²) in [6, 6.07) is 6.08. The van der Waals surface area contributed by atoms with Crippen LogP contribution < -0.4 is 10.6 Å². The average molecular weight is 407 g/mol. The van der Waals surface area contributed by atoms with Gasteiger partial charge in [0.2, 0.25) is 5.91 Å². The van der Waals surface area contributed by atoms with E-state index < -0.39 is 30.2 Å². The minimum absolute atomic E-state index is 0.101. The van der Waals surface area contributed by atoms with Crippen LogP contribution in [0.3, 0.4) is 0 Å². The van der Waals surface area contributed by atoms with Crippen LogP contribution in [0.5, 0.6) is 0 Å². The zero-order chi connectivity index (χ0) is 22.0. The summed E-state index contributed by atoms with van der Waals surface area (Å²) in [4.78, 5) is 49.2. The molecule has 0 saturated carbocycles. The lowest BCUT2D eigenvalue weighted by atomic mass is 10.2. The van der Waals surface area contributed by atoms with Crippen LogP contribution in [-0.2, 0) is 19.1 Å². The van der Waals surface area contributed by atoms with Gasteiger partial charge in [-0.25, -0.2) is 9.59 Å². The molecule has 160 valence electrons. The molecule has 0 aliphatic rings. The number of carbonyl (C=O) groups excluding carboxylic acids is 4. The van der Waals surface area contributed by atoms with E-state index in [0.717, 1.165) is 0 Å². The van der Waals surface area contributed by atoms with Crippen molar-refractivity contribution >= 4 is 29.6 Å². The normalized spacial score (nSPS) is 10.7. The van der Waals surface area contributed by atoms with Crippen LogP contribution in [0.1, 0.15) is 45.0 Å². The highest BCUT2D eigenvalue weighted by Crippen LogP contribution is 2.14. The van der Waals surface area contributed by atoms with Gasteiger partial charge in [0.05, 0.1) is 12.1 Å². The quantitative estimate of drug-likeness (QED) is 0.639. The van der Waals surface area contributed by atoms with E-state index in [9.17, 15) is 19.2 Å². The second kappa shape index (κ2) is 11.0. The van der Waals surface area contributed by atoms with E-state index in [1.807, 2.05) is 0 Å². The Morgan fingerprint density at radius 2 is 1.79 bits per heavy atom. The van der Waals surface area contributed by atoms with E-state index in [0.29, 0.717) is 18.8 Å². The fourth-order valence-electron chi connectivity index (χ4n) is 2.25. The van der Waals surface area contributed by atoms with Gasteiger partial charge in [-0.05, 0) is 52.8 Å². The van der Waals surface area contributed by atoms with Crippen molar-refractivity contribution in [2.75, 3.05) is 31.6 Å². The predicted octanol–water partition coefficient (Wildman–Crippen LogP) is 2.17. The Balaban J connectivity index is 2.64. The van der Waals surface area contributed by atoms with Gasteiger partial charge in [-0.15, -0.1) is 0 Å². The molecule has 0 aromatic heterocycles. The number of anilines is 1. The molecule has 9 nitrogen and oxygen atoms in total. The molecule has 9 heteroatoms. The molecular formula is C20H29N3O6. The van der Waals surface area contributed by atoms with Gasteiger partial charge in [0.1, 0.15) is 5.60 Å². The zero-order valence-electron chi connectivity index (χ0n) is 17.5. The smallest absolute Gasteiger partial charge is 0.412 e. The van der Waals surface area contributed by atoms with Crippen LogP contribution in [0.25, 0.3) is 0 Å². The fourth-order valence-corrected chi connectivity index (χ4v) is 2.25. The molecule has 0 aliphatic heterocycles. The van der Waals surface area contributed by atoms with E-state index in [1.165, 1.54) is 17.0 Å². The molecule has 0 unspecified atom stereocenters. The number of likely N-dealkylation sites (N-methyl/N-ethyl adjacent to an activating group) is 2. The van der Waals surface area contributed by atoms with Gasteiger partial charge >= 0.3 is 12.1 Å². The van der Waals surface area contributed by atoms with E-state index in [-0.39, 0.29) is 18.0 Å². The molecule has 0 bridgehead atoms. The molecule has 0 aliphatic carbocycles. The highest BCUT2D eigenvalue weighted by molar-refractivity contribution is 5.94. The molecule has 1 rings (SSSR count). The molecule has 0 heterocycles. The van der Waals surface area contributed by atoms with Gasteiger partial charge in [-0.3, -0.25) is 14.9 Å². The van der Waals surface area contributed by atoms with Crippen molar-refractivity contribution in [1.29, 1.82) is 0 Å². The monoisotopic (exact) mass is 407 g/mol. The number of hydrogen-bond donors (Lipinski definition) is 2. The van der Waals surface area contributed by atoms with Crippen LogP contribution in [0, 0.1) is 0 Å². The van der Waals surface area contributed by atoms with Crippen molar-refractivity contribution in [3.63, 3.8) is 0 Å². The first-order valence-electron chi connectivity index (χ1n) is 9.37. The first-order valence-corrected chi connectivity index (χ1v) is 9.37. The summed E-state index contributed by atoms with van der Waals surface area (Å²) in [5.74, 6) is -1.48. The van der Waals surface area contributed by atoms with Crippen molar-refractivity contribution in [2.45, 2.75) is 40.2 Å². The minimum atomic E-state index is -0.722. The largest absolute Gasteiger partial charge is 0.452 e. The number of hydrogen-bond acceptors (Lipinski definition) is 6. The predicted molar refractivity (Wildman–Crippen MR) is 108 cm³/mol. The molecule has 0 saturated heterocycles. The minimum Gasteiger partial charge on any atom is -0.452 e. The number of nitrogens with zero attached hydrogens (tertiary/aromatic N) is 1. The number of carbonyl (C=O) groups is 4. The van der Waals surface area contributed by atoms with Crippen LogP contribution in [0.2, 0.25) is 0 Å². The van der Waals surface area contributed by atoms with Gasteiger partial charge in [0, 0.05) is 18.8 Å². The lowest BCUT2D eigenvalue weighted by molar-refractivity contribution is -0.138. The number of amides is 3. The molecule has 0 spiro atoms. The summed E-state index contributed by atoms with van der Waals surface area (Å²) >= 11 is 0. The van der Waals surface area contributed by atoms with E-state index in [4.69, 9.17) is 9.47 Å². The Bertz CT molecular complexity index is 742. The van der Waals surface area contributed by atoms with E-state index in [2.05, 4.69) is 10.6 Å². The van der Waals surface area contributed by atoms with Crippen molar-refractivity contribution in [2.24, 2.45) is 0 Å². The number of ether oxygens (including phenoxy) is 2. The van der Waals surface area contributed by atoms with Crippen molar-refractivity contribution < 1.29 is 28.7 Å². The molecule has 0 radical (unpaired) electrons. The molecule has 1 aromatic rings. The Morgan fingerprint density at radius 3 is 2.38 bits per heavy atom. The molecule has 2 N–H and O–H groups in total. The van der Waals surface area contributed by atoms with Crippen LogP contribution in [0.4, 0.5) is 10.5 Å². The third-order valence-corrected chi connectivity index (χ3v) is 3.51. The Labute approximate surface area is 170 Å². The molecule has 0 atom stereocenters. The summed E-state index contributed by atoms with van der Waals surface area (Å²) in [6.07, 6.45) is -0.651. The number of rotatable bonds is 8. The molecule has 1 aromatic carbocycles. The van der Waals surface area contributed by atoms with Crippen LogP contribution in [0.15, 0.2) is 24.3 Å². The van der Waals surface area contributed by atoms with Crippen LogP contribution >= 0.6 is 0 Å². The fraction of sp³-hybridized carbons (Fsp3) is 0.500. The number of esters is 1. The zero-order valence-corrected chi connectivity index (χ0v) is 17.5. The van der Waals surface area contributed by atoms with Gasteiger partial charge in [0.15, 0.2) is 6.61 Å². The van der Waals surface area contributed by atoms with Gasteiger partial charge in [-0.1, -0.05) is 6.07 Å². The molecular weight excluding hydrogens is 378 g/mol. The highest BCUT2D eigenvalue weighted by Gasteiger charge is 2.19. The van der Waals surface area contributed by atoms with Gasteiger partial charge < -0.3 is 19.7 Å². The molecule has 3 amide bonds. The maximum Gasteiger partial charge on any atom is 0.412 e. The third-order valence-electron chi connectivity index (χ3n) is 3.51. The Morgan fingerprint density at radius 1 is 1.10 bits per heavy atom. The Hall–Kier alpha value is -3.10. The third kappa shape index (κ3) is 9.09. The lowest BCUT2D eigenvalue weighted by Gasteiger charge is -2.20. The Kier molecular flexibility index (Phi) is 9.11. The summed E-state index contributed by atoms with van der Waals surface area (Å²) in [6.45, 7) is 8.91. The highest BCUT2D eigenvalue weighted by atomic mass is 16.6. The topological polar surface area (TPSA) is 114 Å². The summed E-state index contributed by atoms with van der Waals surface area (Å²) in [5, 5.41) is 5.14. The summed E-state index contributed by atoms with van der Waals surface area (Å²) < 4.78 is 10.2. The van der Waals surface area contributed by atoms with E-state index >= 15 is 0 Å². The second-order valence-electron chi connectivity index (χ2n) is 7.15. The van der Waals surface area contributed by atoms with Gasteiger partial charge in [0.25, 0.3) is 5.91 Å². The lowest BCUT2D eigenvalue weighted by Crippen LogP contribution is -2.42. The first-order chi connectivity index (χ1) is 13.6. The maximum atomic E-state index is 12.2. The standard InChI is InChI=1S/C20H29N3O6/c1-6-21-16(24)12-23(7-2)17(25)13-28-18(26)14-9-8-10-15(11-14)22-19(27)29-20(3,4)5/h8-11H,6-7,12-13H2,1-5H3,(H,21,24)(H,22,27). The van der Waals surface area contributed by atoms with Crippen molar-refractivity contribution in [3.8, 4) is 0 Å².